The van der Waals surface area contributed by atoms with Gasteiger partial charge >= 0.3 is 11.9 Å². The highest BCUT2D eigenvalue weighted by Gasteiger charge is 2.27. The summed E-state index contributed by atoms with van der Waals surface area (Å²) < 4.78 is 10.2. The molecule has 3 rings (SSSR count). The minimum atomic E-state index is -0.981. The van der Waals surface area contributed by atoms with E-state index < -0.39 is 18.0 Å². The first-order valence-corrected chi connectivity index (χ1v) is 9.48. The molecule has 1 aliphatic carbocycles. The molecule has 1 aromatic heterocycles. The number of methoxy groups -OCH3 is 1. The molecule has 0 unspecified atom stereocenters. The predicted octanol–water partition coefficient (Wildman–Crippen LogP) is 3.73. The average Bonchev–Trinajstić information content (AvgIpc) is 3.00. The number of carbonyl (C=O) groups excluding carboxylic acids is 3. The van der Waals surface area contributed by atoms with E-state index in [9.17, 15) is 14.4 Å². The molecular weight excluding hydrogens is 358 g/mol. The first-order chi connectivity index (χ1) is 13.3. The van der Waals surface area contributed by atoms with E-state index in [1.165, 1.54) is 31.6 Å². The summed E-state index contributed by atoms with van der Waals surface area (Å²) in [5.74, 6) is -1.42. The van der Waals surface area contributed by atoms with Crippen molar-refractivity contribution in [3.05, 3.63) is 57.4 Å². The quantitative estimate of drug-likeness (QED) is 0.628. The molecule has 0 saturated heterocycles. The van der Waals surface area contributed by atoms with Crippen molar-refractivity contribution in [3.63, 3.8) is 0 Å². The Morgan fingerprint density at radius 1 is 1.04 bits per heavy atom. The second-order valence-corrected chi connectivity index (χ2v) is 7.22. The van der Waals surface area contributed by atoms with Gasteiger partial charge in [-0.3, -0.25) is 4.79 Å². The van der Waals surface area contributed by atoms with E-state index in [1.807, 2.05) is 12.1 Å². The number of carbonyl (C=O) groups is 3. The zero-order chi connectivity index (χ0) is 20.4. The van der Waals surface area contributed by atoms with Crippen LogP contribution in [-0.2, 0) is 22.3 Å². The van der Waals surface area contributed by atoms with E-state index in [-0.39, 0.29) is 11.5 Å². The van der Waals surface area contributed by atoms with Gasteiger partial charge in [-0.2, -0.15) is 0 Å². The third kappa shape index (κ3) is 3.72. The number of aromatic amines is 1. The van der Waals surface area contributed by atoms with E-state index in [1.54, 1.807) is 19.9 Å². The van der Waals surface area contributed by atoms with Gasteiger partial charge in [0.25, 0.3) is 0 Å². The lowest BCUT2D eigenvalue weighted by molar-refractivity contribution is 0.0316. The Balaban J connectivity index is 1.76. The first kappa shape index (κ1) is 19.9. The van der Waals surface area contributed by atoms with Crippen LogP contribution >= 0.6 is 0 Å². The number of esters is 2. The number of hydrogen-bond donors (Lipinski definition) is 1. The van der Waals surface area contributed by atoms with Crippen LogP contribution in [-0.4, -0.2) is 35.9 Å². The molecule has 0 aliphatic heterocycles. The predicted molar refractivity (Wildman–Crippen MR) is 104 cm³/mol. The Morgan fingerprint density at radius 3 is 2.39 bits per heavy atom. The molecule has 6 heteroatoms. The maximum absolute atomic E-state index is 12.8. The van der Waals surface area contributed by atoms with Crippen molar-refractivity contribution in [2.24, 2.45) is 0 Å². The summed E-state index contributed by atoms with van der Waals surface area (Å²) in [7, 11) is 1.29. The number of benzene rings is 1. The highest BCUT2D eigenvalue weighted by Crippen LogP contribution is 2.24. The Morgan fingerprint density at radius 2 is 1.71 bits per heavy atom. The van der Waals surface area contributed by atoms with Crippen molar-refractivity contribution >= 4 is 17.7 Å². The zero-order valence-corrected chi connectivity index (χ0v) is 16.7. The van der Waals surface area contributed by atoms with Crippen LogP contribution in [0, 0.1) is 13.8 Å². The molecule has 1 aromatic carbocycles. The number of ether oxygens (including phenoxy) is 2. The van der Waals surface area contributed by atoms with Gasteiger partial charge in [-0.05, 0) is 75.3 Å². The molecule has 1 heterocycles. The molecule has 0 saturated carbocycles. The number of H-pyrrole nitrogens is 1. The number of fused-ring (bicyclic) bond motifs is 1. The third-order valence-electron chi connectivity index (χ3n) is 5.31. The summed E-state index contributed by atoms with van der Waals surface area (Å²) in [4.78, 5) is 40.1. The van der Waals surface area contributed by atoms with Gasteiger partial charge in [0.2, 0.25) is 5.78 Å². The van der Waals surface area contributed by atoms with Crippen LogP contribution in [0.2, 0.25) is 0 Å². The molecule has 1 aliphatic rings. The monoisotopic (exact) mass is 383 g/mol. The van der Waals surface area contributed by atoms with Crippen molar-refractivity contribution in [1.82, 2.24) is 4.98 Å². The highest BCUT2D eigenvalue weighted by atomic mass is 16.5. The van der Waals surface area contributed by atoms with E-state index in [2.05, 4.69) is 4.98 Å². The summed E-state index contributed by atoms with van der Waals surface area (Å²) in [6.45, 7) is 4.90. The molecule has 148 valence electrons. The third-order valence-corrected chi connectivity index (χ3v) is 5.31. The summed E-state index contributed by atoms with van der Waals surface area (Å²) >= 11 is 0. The molecule has 0 amide bonds. The maximum atomic E-state index is 12.8. The van der Waals surface area contributed by atoms with E-state index in [4.69, 9.17) is 9.47 Å². The van der Waals surface area contributed by atoms with Crippen LogP contribution in [0.1, 0.15) is 73.4 Å². The maximum Gasteiger partial charge on any atom is 0.339 e. The number of Topliss-reactive ketones (excluding diaryl/α,β-unsaturated/α-hetero) is 1. The van der Waals surface area contributed by atoms with E-state index >= 15 is 0 Å². The minimum Gasteiger partial charge on any atom is -0.465 e. The second-order valence-electron chi connectivity index (χ2n) is 7.22. The summed E-state index contributed by atoms with van der Waals surface area (Å²) in [6, 6.07) is 5.59. The van der Waals surface area contributed by atoms with Crippen LogP contribution in [0.3, 0.4) is 0 Å². The van der Waals surface area contributed by atoms with Gasteiger partial charge in [0.15, 0.2) is 6.10 Å². The van der Waals surface area contributed by atoms with Crippen LogP contribution in [0.5, 0.6) is 0 Å². The number of aromatic nitrogens is 1. The topological polar surface area (TPSA) is 85.5 Å². The van der Waals surface area contributed by atoms with Gasteiger partial charge in [-0.1, -0.05) is 6.07 Å². The largest absolute Gasteiger partial charge is 0.465 e. The minimum absolute atomic E-state index is 0.253. The molecule has 0 fully saturated rings. The van der Waals surface area contributed by atoms with Crippen LogP contribution in [0.25, 0.3) is 0 Å². The fourth-order valence-corrected chi connectivity index (χ4v) is 3.75. The Bertz CT molecular complexity index is 941. The van der Waals surface area contributed by atoms with Crippen molar-refractivity contribution < 1.29 is 23.9 Å². The number of nitrogens with one attached hydrogen (secondary N) is 1. The van der Waals surface area contributed by atoms with E-state index in [0.717, 1.165) is 19.3 Å². The van der Waals surface area contributed by atoms with Crippen molar-refractivity contribution in [2.45, 2.75) is 52.6 Å². The standard InChI is InChI=1S/C22H25NO5/c1-12-18(22(26)27-4)13(2)23-19(12)20(24)14(3)28-21(25)17-10-9-15-7-5-6-8-16(15)11-17/h9-11,14,23H,5-8H2,1-4H3/t14-/m1/s1. The first-order valence-electron chi connectivity index (χ1n) is 9.48. The smallest absolute Gasteiger partial charge is 0.339 e. The SMILES string of the molecule is COC(=O)c1c(C)[nH]c(C(=O)[C@@H](C)OC(=O)c2ccc3c(c2)CCCC3)c1C. The lowest BCUT2D eigenvalue weighted by atomic mass is 9.90. The van der Waals surface area contributed by atoms with Gasteiger partial charge in [0, 0.05) is 5.69 Å². The van der Waals surface area contributed by atoms with Gasteiger partial charge in [0.05, 0.1) is 23.9 Å². The highest BCUT2D eigenvalue weighted by molar-refractivity contribution is 6.04. The molecule has 1 N–H and O–H groups in total. The van der Waals surface area contributed by atoms with Crippen LogP contribution in [0.15, 0.2) is 18.2 Å². The van der Waals surface area contributed by atoms with E-state index in [0.29, 0.717) is 22.4 Å². The lowest BCUT2D eigenvalue weighted by Gasteiger charge is -2.17. The van der Waals surface area contributed by atoms with Crippen molar-refractivity contribution in [3.8, 4) is 0 Å². The van der Waals surface area contributed by atoms with Crippen LogP contribution < -0.4 is 0 Å². The molecule has 0 bridgehead atoms. The molecule has 0 radical (unpaired) electrons. The number of hydrogen-bond acceptors (Lipinski definition) is 5. The van der Waals surface area contributed by atoms with Gasteiger partial charge in [-0.15, -0.1) is 0 Å². The lowest BCUT2D eigenvalue weighted by Crippen LogP contribution is -2.25. The summed E-state index contributed by atoms with van der Waals surface area (Å²) in [6.07, 6.45) is 3.31. The number of rotatable bonds is 5. The Hall–Kier alpha value is -2.89. The fraction of sp³-hybridized carbons (Fsp3) is 0.409. The summed E-state index contributed by atoms with van der Waals surface area (Å²) in [5.41, 5.74) is 4.53. The Labute approximate surface area is 164 Å². The molecule has 28 heavy (non-hydrogen) atoms. The average molecular weight is 383 g/mol. The fourth-order valence-electron chi connectivity index (χ4n) is 3.75. The zero-order valence-electron chi connectivity index (χ0n) is 16.7. The number of aryl methyl sites for hydroxylation is 3. The van der Waals surface area contributed by atoms with Gasteiger partial charge in [-0.25, -0.2) is 9.59 Å². The molecule has 6 nitrogen and oxygen atoms in total. The van der Waals surface area contributed by atoms with Gasteiger partial charge in [0.1, 0.15) is 0 Å². The molecule has 2 aromatic rings. The molecule has 0 spiro atoms. The van der Waals surface area contributed by atoms with Crippen LogP contribution in [0.4, 0.5) is 0 Å². The second kappa shape index (κ2) is 8.00. The number of ketones is 1. The van der Waals surface area contributed by atoms with Gasteiger partial charge < -0.3 is 14.5 Å². The Kier molecular flexibility index (Phi) is 5.68. The molecule has 1 atom stereocenters. The molecular formula is C22H25NO5. The van der Waals surface area contributed by atoms with Crippen molar-refractivity contribution in [2.75, 3.05) is 7.11 Å². The normalized spacial score (nSPS) is 14.1. The summed E-state index contributed by atoms with van der Waals surface area (Å²) in [5, 5.41) is 0. The van der Waals surface area contributed by atoms with Crippen molar-refractivity contribution in [1.29, 1.82) is 0 Å².